The number of halogens is 2. The minimum Gasteiger partial charge on any atom is -0.467 e. The first-order valence-electron chi connectivity index (χ1n) is 10.1. The van der Waals surface area contributed by atoms with Gasteiger partial charge in [-0.15, -0.1) is 0 Å². The molecule has 1 saturated heterocycles. The molecule has 0 aromatic heterocycles. The number of esters is 1. The smallest absolute Gasteiger partial charge is 0.331 e. The van der Waals surface area contributed by atoms with Crippen molar-refractivity contribution in [2.75, 3.05) is 20.2 Å². The third-order valence-electron chi connectivity index (χ3n) is 5.99. The number of hydrogen-bond acceptors (Lipinski definition) is 5. The maximum Gasteiger partial charge on any atom is 0.331 e. The Morgan fingerprint density at radius 2 is 1.67 bits per heavy atom. The van der Waals surface area contributed by atoms with Gasteiger partial charge in [0.25, 0.3) is 0 Å². The van der Waals surface area contributed by atoms with E-state index < -0.39 is 21.5 Å². The van der Waals surface area contributed by atoms with Crippen LogP contribution < -0.4 is 5.32 Å². The highest BCUT2D eigenvalue weighted by Gasteiger charge is 2.44. The zero-order valence-corrected chi connectivity index (χ0v) is 19.2. The maximum absolute atomic E-state index is 13.0. The first-order valence-corrected chi connectivity index (χ1v) is 12.3. The molecule has 1 aromatic rings. The van der Waals surface area contributed by atoms with Crippen LogP contribution in [-0.2, 0) is 24.3 Å². The van der Waals surface area contributed by atoms with Crippen LogP contribution in [0.25, 0.3) is 0 Å². The van der Waals surface area contributed by atoms with Crippen molar-refractivity contribution in [3.63, 3.8) is 0 Å². The highest BCUT2D eigenvalue weighted by molar-refractivity contribution is 7.89. The third kappa shape index (κ3) is 4.61. The van der Waals surface area contributed by atoms with Crippen molar-refractivity contribution in [1.29, 1.82) is 0 Å². The minimum atomic E-state index is -3.87. The number of ether oxygens (including phenoxy) is 1. The number of rotatable bonds is 5. The van der Waals surface area contributed by atoms with E-state index in [1.807, 2.05) is 0 Å². The molecule has 7 nitrogen and oxygen atoms in total. The summed E-state index contributed by atoms with van der Waals surface area (Å²) >= 11 is 12.2. The van der Waals surface area contributed by atoms with Gasteiger partial charge < -0.3 is 10.1 Å². The molecular formula is C20H26Cl2N2O5S. The first-order chi connectivity index (χ1) is 14.2. The van der Waals surface area contributed by atoms with Gasteiger partial charge in [-0.3, -0.25) is 4.79 Å². The summed E-state index contributed by atoms with van der Waals surface area (Å²) in [6.45, 7) is 0.348. The SMILES string of the molecule is COC(=O)C1(NC(=O)C2CCN(S(=O)(=O)c3c(Cl)cccc3Cl)CC2)CCCCC1. The predicted octanol–water partition coefficient (Wildman–Crippen LogP) is 3.39. The molecule has 2 aliphatic rings. The van der Waals surface area contributed by atoms with Crippen LogP contribution in [0.5, 0.6) is 0 Å². The first kappa shape index (κ1) is 23.3. The maximum atomic E-state index is 13.0. The lowest BCUT2D eigenvalue weighted by Crippen LogP contribution is -2.58. The number of hydrogen-bond donors (Lipinski definition) is 1. The van der Waals surface area contributed by atoms with Crippen molar-refractivity contribution in [2.24, 2.45) is 5.92 Å². The topological polar surface area (TPSA) is 92.8 Å². The number of amides is 1. The fourth-order valence-corrected chi connectivity index (χ4v) is 6.85. The number of piperidine rings is 1. The molecule has 1 saturated carbocycles. The van der Waals surface area contributed by atoms with Gasteiger partial charge in [0.2, 0.25) is 15.9 Å². The highest BCUT2D eigenvalue weighted by Crippen LogP contribution is 2.34. The molecule has 0 spiro atoms. The van der Waals surface area contributed by atoms with E-state index >= 15 is 0 Å². The molecule has 0 bridgehead atoms. The Morgan fingerprint density at radius 1 is 1.10 bits per heavy atom. The number of carbonyl (C=O) groups is 2. The summed E-state index contributed by atoms with van der Waals surface area (Å²) in [4.78, 5) is 25.2. The Hall–Kier alpha value is -1.35. The molecule has 1 heterocycles. The monoisotopic (exact) mass is 476 g/mol. The van der Waals surface area contributed by atoms with Gasteiger partial charge in [-0.2, -0.15) is 4.31 Å². The van der Waals surface area contributed by atoms with E-state index in [0.717, 1.165) is 19.3 Å². The average Bonchev–Trinajstić information content (AvgIpc) is 2.73. The lowest BCUT2D eigenvalue weighted by molar-refractivity contribution is -0.153. The van der Waals surface area contributed by atoms with Gasteiger partial charge in [0.1, 0.15) is 10.4 Å². The number of sulfonamides is 1. The standard InChI is InChI=1S/C20H26Cl2N2O5S/c1-29-19(26)20(10-3-2-4-11-20)23-18(25)14-8-12-24(13-9-14)30(27,28)17-15(21)6-5-7-16(17)22/h5-7,14H,2-4,8-13H2,1H3,(H,23,25). The summed E-state index contributed by atoms with van der Waals surface area (Å²) in [5.74, 6) is -1.01. The number of nitrogens with one attached hydrogen (secondary N) is 1. The van der Waals surface area contributed by atoms with Gasteiger partial charge in [0.15, 0.2) is 0 Å². The van der Waals surface area contributed by atoms with Gasteiger partial charge in [0, 0.05) is 19.0 Å². The molecule has 0 radical (unpaired) electrons. The van der Waals surface area contributed by atoms with E-state index in [9.17, 15) is 18.0 Å². The van der Waals surface area contributed by atoms with Gasteiger partial charge in [-0.25, -0.2) is 13.2 Å². The quantitative estimate of drug-likeness (QED) is 0.657. The Morgan fingerprint density at radius 3 is 2.20 bits per heavy atom. The van der Waals surface area contributed by atoms with Crippen molar-refractivity contribution in [1.82, 2.24) is 9.62 Å². The van der Waals surface area contributed by atoms with Gasteiger partial charge in [-0.05, 0) is 37.8 Å². The van der Waals surface area contributed by atoms with E-state index in [1.165, 1.54) is 23.5 Å². The second-order valence-electron chi connectivity index (χ2n) is 7.85. The third-order valence-corrected chi connectivity index (χ3v) is 8.84. The lowest BCUT2D eigenvalue weighted by atomic mass is 9.81. The molecule has 1 aliphatic carbocycles. The van der Waals surface area contributed by atoms with Crippen LogP contribution in [0, 0.1) is 5.92 Å². The fraction of sp³-hybridized carbons (Fsp3) is 0.600. The summed E-state index contributed by atoms with van der Waals surface area (Å²) in [5, 5.41) is 3.07. The second kappa shape index (κ2) is 9.42. The van der Waals surface area contributed by atoms with E-state index in [2.05, 4.69) is 5.32 Å². The Bertz CT molecular complexity index is 888. The predicted molar refractivity (Wildman–Crippen MR) is 114 cm³/mol. The molecule has 3 rings (SSSR count). The molecular weight excluding hydrogens is 451 g/mol. The molecule has 166 valence electrons. The van der Waals surface area contributed by atoms with E-state index in [4.69, 9.17) is 27.9 Å². The molecule has 0 atom stereocenters. The van der Waals surface area contributed by atoms with Gasteiger partial charge in [0.05, 0.1) is 17.2 Å². The number of carbonyl (C=O) groups excluding carboxylic acids is 2. The van der Waals surface area contributed by atoms with Gasteiger partial charge >= 0.3 is 5.97 Å². The van der Waals surface area contributed by atoms with Crippen LogP contribution in [0.2, 0.25) is 10.0 Å². The molecule has 30 heavy (non-hydrogen) atoms. The lowest BCUT2D eigenvalue weighted by Gasteiger charge is -2.37. The van der Waals surface area contributed by atoms with Crippen LogP contribution in [0.3, 0.4) is 0 Å². The molecule has 0 unspecified atom stereocenters. The largest absolute Gasteiger partial charge is 0.467 e. The summed E-state index contributed by atoms with van der Waals surface area (Å²) in [6, 6.07) is 4.55. The normalized spacial score (nSPS) is 20.5. The highest BCUT2D eigenvalue weighted by atomic mass is 35.5. The Labute approximate surface area is 187 Å². The van der Waals surface area contributed by atoms with Crippen molar-refractivity contribution in [3.05, 3.63) is 28.2 Å². The number of nitrogens with zero attached hydrogens (tertiary/aromatic N) is 1. The van der Waals surface area contributed by atoms with Crippen LogP contribution >= 0.6 is 23.2 Å². The Balaban J connectivity index is 1.67. The molecule has 1 aromatic carbocycles. The van der Waals surface area contributed by atoms with Crippen LogP contribution in [-0.4, -0.2) is 50.3 Å². The molecule has 10 heteroatoms. The molecule has 1 amide bonds. The summed E-state index contributed by atoms with van der Waals surface area (Å²) in [5.41, 5.74) is -0.974. The minimum absolute atomic E-state index is 0.0692. The van der Waals surface area contributed by atoms with E-state index in [-0.39, 0.29) is 39.9 Å². The second-order valence-corrected chi connectivity index (χ2v) is 10.5. The van der Waals surface area contributed by atoms with Crippen LogP contribution in [0.15, 0.2) is 23.1 Å². The van der Waals surface area contributed by atoms with Crippen LogP contribution in [0.4, 0.5) is 0 Å². The molecule has 1 N–H and O–H groups in total. The average molecular weight is 477 g/mol. The summed E-state index contributed by atoms with van der Waals surface area (Å²) in [6.07, 6.45) is 4.55. The summed E-state index contributed by atoms with van der Waals surface area (Å²) in [7, 11) is -2.54. The Kier molecular flexibility index (Phi) is 7.32. The fourth-order valence-electron chi connectivity index (χ4n) is 4.29. The van der Waals surface area contributed by atoms with E-state index in [0.29, 0.717) is 25.7 Å². The van der Waals surface area contributed by atoms with E-state index in [1.54, 1.807) is 6.07 Å². The molecule has 2 fully saturated rings. The van der Waals surface area contributed by atoms with Crippen molar-refractivity contribution in [2.45, 2.75) is 55.4 Å². The zero-order valence-electron chi connectivity index (χ0n) is 16.8. The van der Waals surface area contributed by atoms with Crippen molar-refractivity contribution < 1.29 is 22.7 Å². The van der Waals surface area contributed by atoms with Gasteiger partial charge in [-0.1, -0.05) is 48.5 Å². The molecule has 1 aliphatic heterocycles. The number of benzene rings is 1. The summed E-state index contributed by atoms with van der Waals surface area (Å²) < 4.78 is 32.2. The van der Waals surface area contributed by atoms with Crippen molar-refractivity contribution in [3.8, 4) is 0 Å². The number of methoxy groups -OCH3 is 1. The zero-order chi connectivity index (χ0) is 21.9. The van der Waals surface area contributed by atoms with Crippen LogP contribution in [0.1, 0.15) is 44.9 Å². The van der Waals surface area contributed by atoms with Crippen molar-refractivity contribution >= 4 is 45.1 Å².